The van der Waals surface area contributed by atoms with Crippen molar-refractivity contribution >= 4 is 57.1 Å². The minimum absolute atomic E-state index is 0.290. The Kier molecular flexibility index (Phi) is 3.92. The van der Waals surface area contributed by atoms with E-state index in [0.717, 1.165) is 50.3 Å². The first-order chi connectivity index (χ1) is 13.2. The molecule has 0 unspecified atom stereocenters. The average molecular weight is 357 g/mol. The third-order valence-corrected chi connectivity index (χ3v) is 4.92. The highest BCUT2D eigenvalue weighted by Crippen LogP contribution is 2.39. The number of carbonyl (C=O) groups is 2. The van der Waals surface area contributed by atoms with Gasteiger partial charge in [0.05, 0.1) is 16.6 Å². The molecule has 0 fully saturated rings. The second kappa shape index (κ2) is 6.29. The summed E-state index contributed by atoms with van der Waals surface area (Å²) in [6, 6.07) is 7.76. The maximum absolute atomic E-state index is 12.8. The average Bonchev–Trinajstić information content (AvgIpc) is 3.25. The minimum atomic E-state index is -0.290. The van der Waals surface area contributed by atoms with Crippen molar-refractivity contribution in [2.24, 2.45) is 0 Å². The van der Waals surface area contributed by atoms with E-state index in [1.54, 1.807) is 13.1 Å². The summed E-state index contributed by atoms with van der Waals surface area (Å²) in [6.45, 7) is 5.79. The second-order valence-corrected chi connectivity index (χ2v) is 6.31. The maximum Gasteiger partial charge on any atom is 0.252 e. The van der Waals surface area contributed by atoms with Gasteiger partial charge in [-0.3, -0.25) is 9.59 Å². The molecule has 134 valence electrons. The Morgan fingerprint density at radius 3 is 2.52 bits per heavy atom. The fourth-order valence-electron chi connectivity index (χ4n) is 3.83. The maximum atomic E-state index is 12.8. The van der Waals surface area contributed by atoms with Crippen molar-refractivity contribution in [1.82, 2.24) is 15.3 Å². The van der Waals surface area contributed by atoms with Crippen LogP contribution in [0.25, 0.3) is 44.9 Å². The molecule has 2 aromatic heterocycles. The van der Waals surface area contributed by atoms with Gasteiger partial charge in [-0.15, -0.1) is 0 Å². The lowest BCUT2D eigenvalue weighted by atomic mass is 9.94. The number of hydrogen-bond acceptors (Lipinski definition) is 2. The molecule has 0 aliphatic heterocycles. The summed E-state index contributed by atoms with van der Waals surface area (Å²) >= 11 is 0. The molecule has 0 spiro atoms. The number of hydrogen-bond donors (Lipinski definition) is 3. The van der Waals surface area contributed by atoms with Crippen LogP contribution in [0.1, 0.15) is 38.9 Å². The van der Waals surface area contributed by atoms with Crippen LogP contribution in [0, 0.1) is 0 Å². The number of nitrogens with one attached hydrogen (secondary N) is 3. The van der Waals surface area contributed by atoms with Crippen LogP contribution in [0.15, 0.2) is 36.9 Å². The van der Waals surface area contributed by atoms with E-state index in [9.17, 15) is 9.59 Å². The topological polar surface area (TPSA) is 77.8 Å². The van der Waals surface area contributed by atoms with Gasteiger partial charge in [0.1, 0.15) is 0 Å². The fourth-order valence-corrected chi connectivity index (χ4v) is 3.83. The van der Waals surface area contributed by atoms with Gasteiger partial charge in [0, 0.05) is 45.5 Å². The Morgan fingerprint density at radius 2 is 1.85 bits per heavy atom. The predicted octanol–water partition coefficient (Wildman–Crippen LogP) is 4.65. The minimum Gasteiger partial charge on any atom is -0.355 e. The lowest BCUT2D eigenvalue weighted by Crippen LogP contribution is -2.20. The van der Waals surface area contributed by atoms with Crippen LogP contribution < -0.4 is 5.32 Å². The van der Waals surface area contributed by atoms with E-state index in [4.69, 9.17) is 0 Å². The SMILES string of the molecule is C=Cc1[nH]c2c(c(C=O)c(C(=O)NC)c3c4ccccc4[nH]c23)c1/C=C\C. The number of H-pyrrole nitrogens is 2. The second-order valence-electron chi connectivity index (χ2n) is 6.31. The van der Waals surface area contributed by atoms with Gasteiger partial charge in [-0.1, -0.05) is 36.9 Å². The number of carbonyl (C=O) groups excluding carboxylic acids is 2. The number of allylic oxidation sites excluding steroid dienone is 1. The van der Waals surface area contributed by atoms with E-state index in [1.165, 1.54) is 0 Å². The molecule has 0 aliphatic rings. The number of benzene rings is 2. The van der Waals surface area contributed by atoms with Crippen molar-refractivity contribution < 1.29 is 9.59 Å². The van der Waals surface area contributed by atoms with Crippen LogP contribution in [-0.4, -0.2) is 29.2 Å². The first-order valence-corrected chi connectivity index (χ1v) is 8.70. The van der Waals surface area contributed by atoms with Crippen molar-refractivity contribution in [2.45, 2.75) is 6.92 Å². The quantitative estimate of drug-likeness (QED) is 0.465. The fraction of sp³-hybridized carbons (Fsp3) is 0.0909. The van der Waals surface area contributed by atoms with Gasteiger partial charge in [0.25, 0.3) is 5.91 Å². The zero-order valence-electron chi connectivity index (χ0n) is 15.1. The van der Waals surface area contributed by atoms with E-state index in [2.05, 4.69) is 21.9 Å². The molecule has 0 aliphatic carbocycles. The molecular formula is C22H19N3O2. The largest absolute Gasteiger partial charge is 0.355 e. The Morgan fingerprint density at radius 1 is 1.11 bits per heavy atom. The number of rotatable bonds is 4. The van der Waals surface area contributed by atoms with Crippen molar-refractivity contribution in [3.05, 3.63) is 59.3 Å². The highest BCUT2D eigenvalue weighted by atomic mass is 16.1. The molecule has 0 radical (unpaired) electrons. The lowest BCUT2D eigenvalue weighted by molar-refractivity contribution is 0.0959. The first-order valence-electron chi connectivity index (χ1n) is 8.70. The molecule has 2 heterocycles. The summed E-state index contributed by atoms with van der Waals surface area (Å²) in [5, 5.41) is 5.04. The van der Waals surface area contributed by atoms with Crippen molar-refractivity contribution in [2.75, 3.05) is 7.05 Å². The zero-order chi connectivity index (χ0) is 19.1. The predicted molar refractivity (Wildman–Crippen MR) is 111 cm³/mol. The molecule has 4 rings (SSSR count). The highest BCUT2D eigenvalue weighted by molar-refractivity contribution is 6.29. The molecule has 5 nitrogen and oxygen atoms in total. The monoisotopic (exact) mass is 357 g/mol. The Bertz CT molecular complexity index is 1270. The highest BCUT2D eigenvalue weighted by Gasteiger charge is 2.25. The molecular weight excluding hydrogens is 338 g/mol. The van der Waals surface area contributed by atoms with Crippen molar-refractivity contribution in [3.8, 4) is 0 Å². The summed E-state index contributed by atoms with van der Waals surface area (Å²) in [5.41, 5.74) is 4.90. The normalized spacial score (nSPS) is 11.6. The molecule has 0 saturated heterocycles. The van der Waals surface area contributed by atoms with Crippen molar-refractivity contribution in [3.63, 3.8) is 0 Å². The molecule has 4 aromatic rings. The number of aromatic amines is 2. The molecule has 5 heteroatoms. The number of amides is 1. The summed E-state index contributed by atoms with van der Waals surface area (Å²) in [7, 11) is 1.57. The van der Waals surface area contributed by atoms with Gasteiger partial charge in [-0.2, -0.15) is 0 Å². The van der Waals surface area contributed by atoms with E-state index in [1.807, 2.05) is 43.3 Å². The van der Waals surface area contributed by atoms with Crippen LogP contribution in [0.4, 0.5) is 0 Å². The Balaban J connectivity index is 2.39. The molecule has 0 atom stereocenters. The van der Waals surface area contributed by atoms with Crippen LogP contribution in [0.3, 0.4) is 0 Å². The third-order valence-electron chi connectivity index (χ3n) is 4.92. The van der Waals surface area contributed by atoms with Crippen LogP contribution in [0.2, 0.25) is 0 Å². The molecule has 27 heavy (non-hydrogen) atoms. The molecule has 2 aromatic carbocycles. The van der Waals surface area contributed by atoms with Gasteiger partial charge in [-0.05, 0) is 19.1 Å². The van der Waals surface area contributed by atoms with E-state index < -0.39 is 0 Å². The van der Waals surface area contributed by atoms with E-state index in [0.29, 0.717) is 11.1 Å². The lowest BCUT2D eigenvalue weighted by Gasteiger charge is -2.09. The summed E-state index contributed by atoms with van der Waals surface area (Å²) < 4.78 is 0. The van der Waals surface area contributed by atoms with Crippen LogP contribution in [-0.2, 0) is 0 Å². The first kappa shape index (κ1) is 16.8. The molecule has 0 bridgehead atoms. The van der Waals surface area contributed by atoms with Gasteiger partial charge in [-0.25, -0.2) is 0 Å². The Labute approximate surface area is 155 Å². The van der Waals surface area contributed by atoms with Gasteiger partial charge < -0.3 is 15.3 Å². The summed E-state index contributed by atoms with van der Waals surface area (Å²) in [5.74, 6) is -0.290. The van der Waals surface area contributed by atoms with E-state index >= 15 is 0 Å². The smallest absolute Gasteiger partial charge is 0.252 e. The molecule has 0 saturated carbocycles. The summed E-state index contributed by atoms with van der Waals surface area (Å²) in [6.07, 6.45) is 6.31. The number of fused-ring (bicyclic) bond motifs is 5. The molecule has 1 amide bonds. The van der Waals surface area contributed by atoms with Gasteiger partial charge >= 0.3 is 0 Å². The number of para-hydroxylation sites is 1. The van der Waals surface area contributed by atoms with Crippen LogP contribution >= 0.6 is 0 Å². The standard InChI is InChI=1S/C22H19N3O2/c1-4-8-12-15(5-2)24-20-17(12)14(11-26)19(22(27)23-3)18-13-9-6-7-10-16(13)25-21(18)20/h4-11,24-25H,2H2,1,3H3,(H,23,27)/b8-4-. The third kappa shape index (κ3) is 2.25. The van der Waals surface area contributed by atoms with Gasteiger partial charge in [0.2, 0.25) is 0 Å². The van der Waals surface area contributed by atoms with Gasteiger partial charge in [0.15, 0.2) is 6.29 Å². The Hall–Kier alpha value is -3.60. The molecule has 3 N–H and O–H groups in total. The van der Waals surface area contributed by atoms with Crippen molar-refractivity contribution in [1.29, 1.82) is 0 Å². The zero-order valence-corrected chi connectivity index (χ0v) is 15.1. The van der Waals surface area contributed by atoms with Crippen LogP contribution in [0.5, 0.6) is 0 Å². The number of aldehydes is 1. The summed E-state index contributed by atoms with van der Waals surface area (Å²) in [4.78, 5) is 31.8. The number of aromatic nitrogens is 2. The van der Waals surface area contributed by atoms with E-state index in [-0.39, 0.29) is 5.91 Å².